The second-order valence-electron chi connectivity index (χ2n) is 4.12. The van der Waals surface area contributed by atoms with Crippen molar-refractivity contribution in [3.8, 4) is 5.75 Å². The quantitative estimate of drug-likeness (QED) is 0.831. The average Bonchev–Trinajstić information content (AvgIpc) is 2.18. The Balaban J connectivity index is 2.59. The van der Waals surface area contributed by atoms with Crippen LogP contribution >= 0.6 is 0 Å². The van der Waals surface area contributed by atoms with Crippen LogP contribution < -0.4 is 5.32 Å². The summed E-state index contributed by atoms with van der Waals surface area (Å²) in [6.07, 6.45) is 1.16. The Bertz CT molecular complexity index is 487. The summed E-state index contributed by atoms with van der Waals surface area (Å²) in [5.41, 5.74) is 0.408. The lowest BCUT2D eigenvalue weighted by atomic mass is 10.2. The molecule has 0 aromatic heterocycles. The first kappa shape index (κ1) is 13.9. The van der Waals surface area contributed by atoms with E-state index in [0.29, 0.717) is 5.56 Å². The van der Waals surface area contributed by atoms with Crippen LogP contribution in [0.4, 0.5) is 4.39 Å². The fourth-order valence-electron chi connectivity index (χ4n) is 1.50. The normalized spacial score (nSPS) is 13.6. The van der Waals surface area contributed by atoms with Crippen LogP contribution in [0.5, 0.6) is 5.75 Å². The Morgan fingerprint density at radius 1 is 1.47 bits per heavy atom. The van der Waals surface area contributed by atoms with Gasteiger partial charge in [0.1, 0.15) is 9.84 Å². The number of para-hydroxylation sites is 1. The van der Waals surface area contributed by atoms with Gasteiger partial charge < -0.3 is 10.4 Å². The molecule has 0 fully saturated rings. The second-order valence-corrected chi connectivity index (χ2v) is 6.31. The highest BCUT2D eigenvalue weighted by molar-refractivity contribution is 7.90. The molecule has 0 saturated carbocycles. The summed E-state index contributed by atoms with van der Waals surface area (Å²) in [6, 6.07) is 3.98. The zero-order valence-corrected chi connectivity index (χ0v) is 10.6. The van der Waals surface area contributed by atoms with Gasteiger partial charge in [0.15, 0.2) is 11.6 Å². The summed E-state index contributed by atoms with van der Waals surface area (Å²) in [7, 11) is -3.05. The van der Waals surface area contributed by atoms with Crippen molar-refractivity contribution in [2.75, 3.05) is 12.0 Å². The van der Waals surface area contributed by atoms with E-state index in [1.807, 2.05) is 0 Å². The third-order valence-electron chi connectivity index (χ3n) is 2.26. The average molecular weight is 261 g/mol. The predicted octanol–water partition coefficient (Wildman–Crippen LogP) is 1.05. The Morgan fingerprint density at radius 3 is 2.71 bits per heavy atom. The molecule has 0 saturated heterocycles. The van der Waals surface area contributed by atoms with Gasteiger partial charge in [-0.2, -0.15) is 0 Å². The number of nitrogens with one attached hydrogen (secondary N) is 1. The number of aromatic hydroxyl groups is 1. The second kappa shape index (κ2) is 5.46. The monoisotopic (exact) mass is 261 g/mol. The van der Waals surface area contributed by atoms with Crippen molar-refractivity contribution in [2.45, 2.75) is 19.5 Å². The van der Waals surface area contributed by atoms with Gasteiger partial charge in [0, 0.05) is 24.4 Å². The molecule has 4 nitrogen and oxygen atoms in total. The topological polar surface area (TPSA) is 66.4 Å². The summed E-state index contributed by atoms with van der Waals surface area (Å²) in [5.74, 6) is -1.07. The third-order valence-corrected chi connectivity index (χ3v) is 3.37. The first-order valence-corrected chi connectivity index (χ1v) is 7.23. The van der Waals surface area contributed by atoms with Crippen molar-refractivity contribution >= 4 is 9.84 Å². The van der Waals surface area contributed by atoms with Crippen molar-refractivity contribution in [1.82, 2.24) is 5.32 Å². The van der Waals surface area contributed by atoms with Gasteiger partial charge in [-0.1, -0.05) is 12.1 Å². The van der Waals surface area contributed by atoms with Crippen LogP contribution in [0.25, 0.3) is 0 Å². The van der Waals surface area contributed by atoms with E-state index >= 15 is 0 Å². The van der Waals surface area contributed by atoms with E-state index in [1.165, 1.54) is 12.1 Å². The molecule has 6 heteroatoms. The molecule has 2 N–H and O–H groups in total. The van der Waals surface area contributed by atoms with E-state index in [1.54, 1.807) is 13.0 Å². The van der Waals surface area contributed by atoms with Gasteiger partial charge in [-0.15, -0.1) is 0 Å². The molecule has 0 amide bonds. The molecule has 17 heavy (non-hydrogen) atoms. The van der Waals surface area contributed by atoms with Crippen LogP contribution in [0.3, 0.4) is 0 Å². The molecular formula is C11H16FNO3S. The lowest BCUT2D eigenvalue weighted by molar-refractivity contribution is 0.421. The number of sulfone groups is 1. The van der Waals surface area contributed by atoms with Crippen molar-refractivity contribution < 1.29 is 17.9 Å². The minimum atomic E-state index is -3.05. The maximum atomic E-state index is 13.0. The van der Waals surface area contributed by atoms with Crippen molar-refractivity contribution in [3.63, 3.8) is 0 Å². The largest absolute Gasteiger partial charge is 0.505 e. The molecular weight excluding hydrogens is 245 g/mol. The number of benzene rings is 1. The molecule has 0 aliphatic rings. The Morgan fingerprint density at radius 2 is 2.12 bits per heavy atom. The van der Waals surface area contributed by atoms with Crippen LogP contribution in [-0.4, -0.2) is 31.6 Å². The molecule has 1 aromatic carbocycles. The molecule has 0 aliphatic carbocycles. The summed E-state index contributed by atoms with van der Waals surface area (Å²) in [5, 5.41) is 12.3. The summed E-state index contributed by atoms with van der Waals surface area (Å²) < 4.78 is 35.1. The van der Waals surface area contributed by atoms with Crippen LogP contribution in [-0.2, 0) is 16.4 Å². The van der Waals surface area contributed by atoms with Crippen molar-refractivity contribution in [2.24, 2.45) is 0 Å². The molecule has 1 aromatic rings. The van der Waals surface area contributed by atoms with Gasteiger partial charge in [0.2, 0.25) is 0 Å². The van der Waals surface area contributed by atoms with Crippen LogP contribution in [0.15, 0.2) is 18.2 Å². The number of phenols is 1. The van der Waals surface area contributed by atoms with Crippen molar-refractivity contribution in [3.05, 3.63) is 29.6 Å². The zero-order valence-electron chi connectivity index (χ0n) is 9.77. The van der Waals surface area contributed by atoms with Crippen LogP contribution in [0.1, 0.15) is 12.5 Å². The maximum absolute atomic E-state index is 13.0. The molecule has 96 valence electrons. The molecule has 1 unspecified atom stereocenters. The number of phenolic OH excluding ortho intramolecular Hbond substituents is 1. The maximum Gasteiger partial charge on any atom is 0.165 e. The first-order chi connectivity index (χ1) is 7.79. The van der Waals surface area contributed by atoms with E-state index in [0.717, 1.165) is 6.26 Å². The number of hydrogen-bond donors (Lipinski definition) is 2. The van der Waals surface area contributed by atoms with Crippen molar-refractivity contribution in [1.29, 1.82) is 0 Å². The van der Waals surface area contributed by atoms with E-state index in [4.69, 9.17) is 0 Å². The Labute approximate surface area is 100 Å². The molecule has 0 bridgehead atoms. The van der Waals surface area contributed by atoms with E-state index in [2.05, 4.69) is 5.32 Å². The highest BCUT2D eigenvalue weighted by atomic mass is 32.2. The van der Waals surface area contributed by atoms with Gasteiger partial charge in [-0.25, -0.2) is 12.8 Å². The number of hydrogen-bond acceptors (Lipinski definition) is 4. The fraction of sp³-hybridized carbons (Fsp3) is 0.455. The third kappa shape index (κ3) is 4.70. The van der Waals surface area contributed by atoms with Gasteiger partial charge >= 0.3 is 0 Å². The van der Waals surface area contributed by atoms with E-state index in [-0.39, 0.29) is 18.3 Å². The minimum Gasteiger partial charge on any atom is -0.505 e. The molecule has 1 rings (SSSR count). The highest BCUT2D eigenvalue weighted by Gasteiger charge is 2.11. The van der Waals surface area contributed by atoms with Crippen LogP contribution in [0.2, 0.25) is 0 Å². The Kier molecular flexibility index (Phi) is 4.47. The fourth-order valence-corrected chi connectivity index (χ4v) is 2.53. The molecule has 0 aliphatic heterocycles. The lowest BCUT2D eigenvalue weighted by Crippen LogP contribution is -2.32. The zero-order chi connectivity index (χ0) is 13.1. The molecule has 0 heterocycles. The predicted molar refractivity (Wildman–Crippen MR) is 64.1 cm³/mol. The summed E-state index contributed by atoms with van der Waals surface area (Å²) >= 11 is 0. The van der Waals surface area contributed by atoms with E-state index < -0.39 is 21.4 Å². The molecule has 0 radical (unpaired) electrons. The molecule has 0 spiro atoms. The van der Waals surface area contributed by atoms with Crippen LogP contribution in [0, 0.1) is 5.82 Å². The minimum absolute atomic E-state index is 0.00305. The number of rotatable bonds is 5. The standard InChI is InChI=1S/C11H16FNO3S/c1-8(7-17(2,15)16)13-6-9-4-3-5-10(12)11(9)14/h3-5,8,13-14H,6-7H2,1-2H3. The van der Waals surface area contributed by atoms with Gasteiger partial charge in [0.25, 0.3) is 0 Å². The summed E-state index contributed by atoms with van der Waals surface area (Å²) in [6.45, 7) is 1.94. The van der Waals surface area contributed by atoms with Gasteiger partial charge in [-0.3, -0.25) is 0 Å². The first-order valence-electron chi connectivity index (χ1n) is 5.17. The molecule has 1 atom stereocenters. The summed E-state index contributed by atoms with van der Waals surface area (Å²) in [4.78, 5) is 0. The lowest BCUT2D eigenvalue weighted by Gasteiger charge is -2.13. The SMILES string of the molecule is CC(CS(C)(=O)=O)NCc1cccc(F)c1O. The number of halogens is 1. The Hall–Kier alpha value is -1.14. The van der Waals surface area contributed by atoms with Gasteiger partial charge in [0.05, 0.1) is 5.75 Å². The van der Waals surface area contributed by atoms with E-state index in [9.17, 15) is 17.9 Å². The highest BCUT2D eigenvalue weighted by Crippen LogP contribution is 2.20. The van der Waals surface area contributed by atoms with Gasteiger partial charge in [-0.05, 0) is 13.0 Å². The smallest absolute Gasteiger partial charge is 0.165 e.